The lowest BCUT2D eigenvalue weighted by molar-refractivity contribution is -0.156. The van der Waals surface area contributed by atoms with Gasteiger partial charge in [-0.3, -0.25) is 19.3 Å². The zero-order valence-corrected chi connectivity index (χ0v) is 17.8. The normalized spacial score (nSPS) is 20.3. The lowest BCUT2D eigenvalue weighted by atomic mass is 10.1. The van der Waals surface area contributed by atoms with Crippen molar-refractivity contribution in [2.75, 3.05) is 19.7 Å². The quantitative estimate of drug-likeness (QED) is 0.666. The molecule has 0 bridgehead atoms. The maximum Gasteiger partial charge on any atom is 0.324 e. The van der Waals surface area contributed by atoms with Crippen molar-refractivity contribution in [1.82, 2.24) is 9.21 Å². The topological polar surface area (TPSA) is 101 Å². The molecule has 1 aromatic carbocycles. The van der Waals surface area contributed by atoms with Crippen molar-refractivity contribution in [2.24, 2.45) is 0 Å². The molecule has 1 aromatic rings. The Labute approximate surface area is 170 Å². The van der Waals surface area contributed by atoms with Gasteiger partial charge < -0.3 is 4.74 Å². The summed E-state index contributed by atoms with van der Waals surface area (Å²) in [5.74, 6) is -1.60. The number of ether oxygens (including phenoxy) is 1. The zero-order chi connectivity index (χ0) is 21.3. The van der Waals surface area contributed by atoms with Crippen LogP contribution in [0.1, 0.15) is 42.4 Å². The van der Waals surface area contributed by atoms with Crippen molar-refractivity contribution >= 4 is 27.8 Å². The number of hydrogen-bond acceptors (Lipinski definition) is 6. The number of carbonyl (C=O) groups is 3. The number of imide groups is 1. The highest BCUT2D eigenvalue weighted by molar-refractivity contribution is 7.89. The SMILES string of the molecule is Cc1cc(C)c(S(=O)(=O)N2CCC[C@H]2C(=O)OCC(=O)N2CCCC2=O)c(C)c1. The molecule has 2 aliphatic heterocycles. The number of amides is 2. The Bertz CT molecular complexity index is 933. The van der Waals surface area contributed by atoms with E-state index in [2.05, 4.69) is 0 Å². The summed E-state index contributed by atoms with van der Waals surface area (Å²) in [5.41, 5.74) is 2.22. The number of sulfonamides is 1. The molecule has 2 fully saturated rings. The van der Waals surface area contributed by atoms with Gasteiger partial charge in [-0.2, -0.15) is 4.31 Å². The van der Waals surface area contributed by atoms with Crippen molar-refractivity contribution in [3.05, 3.63) is 28.8 Å². The third-order valence-electron chi connectivity index (χ3n) is 5.36. The Kier molecular flexibility index (Phi) is 6.09. The van der Waals surface area contributed by atoms with Gasteiger partial charge in [0.2, 0.25) is 15.9 Å². The molecular formula is C20H26N2O6S. The van der Waals surface area contributed by atoms with Crippen LogP contribution < -0.4 is 0 Å². The largest absolute Gasteiger partial charge is 0.454 e. The Hall–Kier alpha value is -2.26. The fraction of sp³-hybridized carbons (Fsp3) is 0.550. The third-order valence-corrected chi connectivity index (χ3v) is 7.57. The Balaban J connectivity index is 1.74. The van der Waals surface area contributed by atoms with Gasteiger partial charge >= 0.3 is 5.97 Å². The molecule has 2 saturated heterocycles. The van der Waals surface area contributed by atoms with E-state index in [1.165, 1.54) is 4.31 Å². The van der Waals surface area contributed by atoms with Crippen molar-refractivity contribution in [3.63, 3.8) is 0 Å². The zero-order valence-electron chi connectivity index (χ0n) is 16.9. The minimum Gasteiger partial charge on any atom is -0.454 e. The van der Waals surface area contributed by atoms with Crippen LogP contribution in [-0.4, -0.2) is 61.1 Å². The Morgan fingerprint density at radius 3 is 2.34 bits per heavy atom. The molecule has 0 N–H and O–H groups in total. The van der Waals surface area contributed by atoms with Gasteiger partial charge in [0.25, 0.3) is 5.91 Å². The maximum absolute atomic E-state index is 13.3. The molecule has 9 heteroatoms. The Morgan fingerprint density at radius 1 is 1.10 bits per heavy atom. The first-order chi connectivity index (χ1) is 13.6. The molecule has 0 radical (unpaired) electrons. The smallest absolute Gasteiger partial charge is 0.324 e. The number of aryl methyl sites for hydroxylation is 3. The number of nitrogens with zero attached hydrogens (tertiary/aromatic N) is 2. The molecule has 29 heavy (non-hydrogen) atoms. The summed E-state index contributed by atoms with van der Waals surface area (Å²) in [4.78, 5) is 37.6. The van der Waals surface area contributed by atoms with Crippen LogP contribution in [0.4, 0.5) is 0 Å². The molecule has 158 valence electrons. The first kappa shape index (κ1) is 21.4. The molecule has 0 aliphatic carbocycles. The van der Waals surface area contributed by atoms with Crippen LogP contribution in [-0.2, 0) is 29.1 Å². The van der Waals surface area contributed by atoms with Crippen LogP contribution in [0.25, 0.3) is 0 Å². The predicted octanol–water partition coefficient (Wildman–Crippen LogP) is 1.46. The van der Waals surface area contributed by atoms with E-state index in [-0.39, 0.29) is 17.3 Å². The van der Waals surface area contributed by atoms with Crippen molar-refractivity contribution in [2.45, 2.75) is 57.4 Å². The first-order valence-electron chi connectivity index (χ1n) is 9.72. The van der Waals surface area contributed by atoms with Crippen LogP contribution in [0, 0.1) is 20.8 Å². The predicted molar refractivity (Wildman–Crippen MR) is 104 cm³/mol. The average molecular weight is 423 g/mol. The van der Waals surface area contributed by atoms with E-state index < -0.39 is 34.5 Å². The second kappa shape index (κ2) is 8.23. The summed E-state index contributed by atoms with van der Waals surface area (Å²) < 4.78 is 32.9. The van der Waals surface area contributed by atoms with Crippen LogP contribution in [0.3, 0.4) is 0 Å². The van der Waals surface area contributed by atoms with Gasteiger partial charge in [-0.05, 0) is 51.2 Å². The summed E-state index contributed by atoms with van der Waals surface area (Å²) in [7, 11) is -3.89. The number of esters is 1. The van der Waals surface area contributed by atoms with E-state index in [4.69, 9.17) is 4.74 Å². The van der Waals surface area contributed by atoms with Crippen molar-refractivity contribution < 1.29 is 27.5 Å². The molecule has 2 amide bonds. The highest BCUT2D eigenvalue weighted by Crippen LogP contribution is 2.31. The molecule has 0 aromatic heterocycles. The number of likely N-dealkylation sites (tertiary alicyclic amines) is 1. The van der Waals surface area contributed by atoms with Gasteiger partial charge in [0.05, 0.1) is 4.90 Å². The number of hydrogen-bond donors (Lipinski definition) is 0. The summed E-state index contributed by atoms with van der Waals surface area (Å²) in [6.45, 7) is 5.36. The number of benzene rings is 1. The molecular weight excluding hydrogens is 396 g/mol. The third kappa shape index (κ3) is 4.20. The fourth-order valence-corrected chi connectivity index (χ4v) is 6.24. The van der Waals surface area contributed by atoms with Gasteiger partial charge in [0.1, 0.15) is 6.04 Å². The summed E-state index contributed by atoms with van der Waals surface area (Å²) in [6.07, 6.45) is 1.77. The van der Waals surface area contributed by atoms with E-state index in [1.807, 2.05) is 6.92 Å². The molecule has 0 unspecified atom stereocenters. The van der Waals surface area contributed by atoms with Crippen LogP contribution in [0.5, 0.6) is 0 Å². The average Bonchev–Trinajstić information content (AvgIpc) is 3.27. The van der Waals surface area contributed by atoms with Crippen LogP contribution in [0.2, 0.25) is 0 Å². The lowest BCUT2D eigenvalue weighted by Crippen LogP contribution is -2.43. The highest BCUT2D eigenvalue weighted by Gasteiger charge is 2.42. The van der Waals surface area contributed by atoms with Crippen LogP contribution in [0.15, 0.2) is 17.0 Å². The minimum atomic E-state index is -3.89. The second-order valence-electron chi connectivity index (χ2n) is 7.65. The molecule has 0 saturated carbocycles. The van der Waals surface area contributed by atoms with E-state index in [0.717, 1.165) is 10.5 Å². The standard InChI is InChI=1S/C20H26N2O6S/c1-13-10-14(2)19(15(3)11-13)29(26,27)22-9-4-6-16(22)20(25)28-12-18(24)21-8-5-7-17(21)23/h10-11,16H,4-9,12H2,1-3H3/t16-/m0/s1. The highest BCUT2D eigenvalue weighted by atomic mass is 32.2. The van der Waals surface area contributed by atoms with Gasteiger partial charge in [0, 0.05) is 19.5 Å². The van der Waals surface area contributed by atoms with E-state index in [9.17, 15) is 22.8 Å². The first-order valence-corrected chi connectivity index (χ1v) is 11.2. The maximum atomic E-state index is 13.3. The minimum absolute atomic E-state index is 0.210. The summed E-state index contributed by atoms with van der Waals surface area (Å²) in [5, 5.41) is 0. The second-order valence-corrected chi connectivity index (χ2v) is 9.48. The number of carbonyl (C=O) groups excluding carboxylic acids is 3. The summed E-state index contributed by atoms with van der Waals surface area (Å²) >= 11 is 0. The molecule has 3 rings (SSSR count). The number of rotatable bonds is 5. The van der Waals surface area contributed by atoms with Gasteiger partial charge in [-0.25, -0.2) is 8.42 Å². The molecule has 2 heterocycles. The van der Waals surface area contributed by atoms with Gasteiger partial charge in [0.15, 0.2) is 6.61 Å². The fourth-order valence-electron chi connectivity index (χ4n) is 4.17. The molecule has 0 spiro atoms. The Morgan fingerprint density at radius 2 is 1.76 bits per heavy atom. The van der Waals surface area contributed by atoms with Gasteiger partial charge in [-0.15, -0.1) is 0 Å². The molecule has 2 aliphatic rings. The van der Waals surface area contributed by atoms with Crippen molar-refractivity contribution in [3.8, 4) is 0 Å². The monoisotopic (exact) mass is 422 g/mol. The van der Waals surface area contributed by atoms with E-state index in [0.29, 0.717) is 43.4 Å². The van der Waals surface area contributed by atoms with Crippen LogP contribution >= 0.6 is 0 Å². The van der Waals surface area contributed by atoms with Gasteiger partial charge in [-0.1, -0.05) is 17.7 Å². The lowest BCUT2D eigenvalue weighted by Gasteiger charge is -2.25. The molecule has 8 nitrogen and oxygen atoms in total. The van der Waals surface area contributed by atoms with E-state index >= 15 is 0 Å². The van der Waals surface area contributed by atoms with Crippen molar-refractivity contribution in [1.29, 1.82) is 0 Å². The summed E-state index contributed by atoms with van der Waals surface area (Å²) in [6, 6.07) is 2.63. The molecule has 1 atom stereocenters. The van der Waals surface area contributed by atoms with E-state index in [1.54, 1.807) is 26.0 Å².